The van der Waals surface area contributed by atoms with Crippen LogP contribution in [0, 0.1) is 5.82 Å². The van der Waals surface area contributed by atoms with Gasteiger partial charge in [0.1, 0.15) is 11.6 Å². The van der Waals surface area contributed by atoms with Crippen LogP contribution in [0.15, 0.2) is 24.3 Å². The van der Waals surface area contributed by atoms with Crippen molar-refractivity contribution in [1.29, 1.82) is 0 Å². The van der Waals surface area contributed by atoms with E-state index in [-0.39, 0.29) is 17.5 Å². The summed E-state index contributed by atoms with van der Waals surface area (Å²) >= 11 is 0. The number of halogens is 1. The van der Waals surface area contributed by atoms with Crippen molar-refractivity contribution < 1.29 is 14.2 Å². The Labute approximate surface area is 104 Å². The Bertz CT molecular complexity index is 579. The van der Waals surface area contributed by atoms with E-state index in [0.29, 0.717) is 24.3 Å². The lowest BCUT2D eigenvalue weighted by Crippen LogP contribution is -2.15. The third-order valence-corrected chi connectivity index (χ3v) is 3.39. The molecule has 1 aromatic carbocycles. The van der Waals surface area contributed by atoms with Crippen LogP contribution in [-0.2, 0) is 4.74 Å². The number of benzene rings is 1. The second-order valence-corrected chi connectivity index (χ2v) is 4.62. The van der Waals surface area contributed by atoms with E-state index in [0.717, 1.165) is 18.4 Å². The Morgan fingerprint density at radius 3 is 2.78 bits per heavy atom. The molecule has 18 heavy (non-hydrogen) atoms. The second-order valence-electron chi connectivity index (χ2n) is 4.62. The highest BCUT2D eigenvalue weighted by Crippen LogP contribution is 2.33. The minimum atomic E-state index is -0.317. The molecule has 0 saturated carbocycles. The Hall–Kier alpha value is -1.68. The van der Waals surface area contributed by atoms with Gasteiger partial charge in [-0.05, 0) is 37.1 Å². The van der Waals surface area contributed by atoms with E-state index in [4.69, 9.17) is 4.74 Å². The van der Waals surface area contributed by atoms with E-state index in [1.54, 1.807) is 12.1 Å². The lowest BCUT2D eigenvalue weighted by molar-refractivity contribution is 0.0840. The number of ether oxygens (including phenoxy) is 1. The summed E-state index contributed by atoms with van der Waals surface area (Å²) in [6.45, 7) is 1.40. The lowest BCUT2D eigenvalue weighted by Gasteiger charge is -2.22. The van der Waals surface area contributed by atoms with E-state index in [1.165, 1.54) is 12.1 Å². The first-order chi connectivity index (χ1) is 8.74. The number of pyridine rings is 1. The average molecular weight is 247 g/mol. The molecule has 0 bridgehead atoms. The van der Waals surface area contributed by atoms with Crippen LogP contribution >= 0.6 is 0 Å². The van der Waals surface area contributed by atoms with Crippen molar-refractivity contribution in [3.63, 3.8) is 0 Å². The van der Waals surface area contributed by atoms with Crippen LogP contribution < -0.4 is 0 Å². The SMILES string of the molecule is Oc1cc2cc(F)ccc2nc1C1CCOCC1. The zero-order valence-electron chi connectivity index (χ0n) is 9.90. The Morgan fingerprint density at radius 1 is 1.22 bits per heavy atom. The minimum Gasteiger partial charge on any atom is -0.506 e. The Kier molecular flexibility index (Phi) is 2.88. The fourth-order valence-electron chi connectivity index (χ4n) is 2.42. The zero-order valence-corrected chi connectivity index (χ0v) is 9.90. The third kappa shape index (κ3) is 2.04. The van der Waals surface area contributed by atoms with Crippen molar-refractivity contribution in [1.82, 2.24) is 4.98 Å². The fourth-order valence-corrected chi connectivity index (χ4v) is 2.42. The number of hydrogen-bond acceptors (Lipinski definition) is 3. The molecule has 0 amide bonds. The Balaban J connectivity index is 2.06. The summed E-state index contributed by atoms with van der Waals surface area (Å²) in [4.78, 5) is 4.47. The van der Waals surface area contributed by atoms with Crippen LogP contribution in [0.25, 0.3) is 10.9 Å². The molecule has 1 aliphatic rings. The summed E-state index contributed by atoms with van der Waals surface area (Å²) < 4.78 is 18.4. The first-order valence-electron chi connectivity index (χ1n) is 6.11. The number of nitrogens with zero attached hydrogens (tertiary/aromatic N) is 1. The topological polar surface area (TPSA) is 42.4 Å². The van der Waals surface area contributed by atoms with Crippen LogP contribution in [0.2, 0.25) is 0 Å². The standard InChI is InChI=1S/C14H14FNO2/c15-11-1-2-12-10(7-11)8-13(17)14(16-12)9-3-5-18-6-4-9/h1-2,7-9,17H,3-6H2. The van der Waals surface area contributed by atoms with Gasteiger partial charge in [-0.2, -0.15) is 0 Å². The van der Waals surface area contributed by atoms with Gasteiger partial charge >= 0.3 is 0 Å². The van der Waals surface area contributed by atoms with E-state index in [1.807, 2.05) is 0 Å². The molecule has 1 aliphatic heterocycles. The molecule has 1 N–H and O–H groups in total. The molecule has 1 saturated heterocycles. The molecule has 3 nitrogen and oxygen atoms in total. The van der Waals surface area contributed by atoms with Crippen molar-refractivity contribution in [3.05, 3.63) is 35.8 Å². The summed E-state index contributed by atoms with van der Waals surface area (Å²) in [7, 11) is 0. The first kappa shape index (κ1) is 11.4. The average Bonchev–Trinajstić information content (AvgIpc) is 2.39. The third-order valence-electron chi connectivity index (χ3n) is 3.39. The van der Waals surface area contributed by atoms with Gasteiger partial charge in [0.25, 0.3) is 0 Å². The quantitative estimate of drug-likeness (QED) is 0.842. The maximum atomic E-state index is 13.1. The molecule has 0 radical (unpaired) electrons. The van der Waals surface area contributed by atoms with Crippen LogP contribution in [0.3, 0.4) is 0 Å². The highest BCUT2D eigenvalue weighted by atomic mass is 19.1. The zero-order chi connectivity index (χ0) is 12.5. The molecule has 2 aromatic rings. The van der Waals surface area contributed by atoms with Crippen LogP contribution in [0.5, 0.6) is 5.75 Å². The highest BCUT2D eigenvalue weighted by Gasteiger charge is 2.21. The molecule has 2 heterocycles. The van der Waals surface area contributed by atoms with E-state index in [2.05, 4.69) is 4.98 Å². The molecule has 1 aromatic heterocycles. The first-order valence-corrected chi connectivity index (χ1v) is 6.11. The lowest BCUT2D eigenvalue weighted by atomic mass is 9.95. The minimum absolute atomic E-state index is 0.153. The highest BCUT2D eigenvalue weighted by molar-refractivity contribution is 5.80. The van der Waals surface area contributed by atoms with Crippen molar-refractivity contribution in [2.75, 3.05) is 13.2 Å². The van der Waals surface area contributed by atoms with Crippen molar-refractivity contribution >= 4 is 10.9 Å². The van der Waals surface area contributed by atoms with Gasteiger partial charge in [0.05, 0.1) is 11.2 Å². The molecule has 3 rings (SSSR count). The largest absolute Gasteiger partial charge is 0.506 e. The van der Waals surface area contributed by atoms with Gasteiger partial charge in [0.2, 0.25) is 0 Å². The van der Waals surface area contributed by atoms with Gasteiger partial charge < -0.3 is 9.84 Å². The summed E-state index contributed by atoms with van der Waals surface area (Å²) in [5.74, 6) is 0.0655. The molecule has 0 spiro atoms. The monoisotopic (exact) mass is 247 g/mol. The van der Waals surface area contributed by atoms with Gasteiger partial charge in [0.15, 0.2) is 0 Å². The molecular formula is C14H14FNO2. The summed E-state index contributed by atoms with van der Waals surface area (Å²) in [6.07, 6.45) is 1.74. The number of fused-ring (bicyclic) bond motifs is 1. The molecule has 1 fully saturated rings. The smallest absolute Gasteiger partial charge is 0.138 e. The predicted molar refractivity (Wildman–Crippen MR) is 66.2 cm³/mol. The van der Waals surface area contributed by atoms with Gasteiger partial charge in [-0.15, -0.1) is 0 Å². The van der Waals surface area contributed by atoms with Crippen LogP contribution in [0.4, 0.5) is 4.39 Å². The maximum Gasteiger partial charge on any atom is 0.138 e. The van der Waals surface area contributed by atoms with Crippen LogP contribution in [0.1, 0.15) is 24.5 Å². The van der Waals surface area contributed by atoms with Gasteiger partial charge in [-0.1, -0.05) is 0 Å². The van der Waals surface area contributed by atoms with Crippen molar-refractivity contribution in [2.24, 2.45) is 0 Å². The Morgan fingerprint density at radius 2 is 2.00 bits per heavy atom. The summed E-state index contributed by atoms with van der Waals surface area (Å²) in [5, 5.41) is 10.7. The summed E-state index contributed by atoms with van der Waals surface area (Å²) in [5.41, 5.74) is 1.42. The van der Waals surface area contributed by atoms with Gasteiger partial charge in [0, 0.05) is 24.5 Å². The number of aromatic hydroxyl groups is 1. The second kappa shape index (κ2) is 4.53. The normalized spacial score (nSPS) is 17.2. The van der Waals surface area contributed by atoms with Crippen molar-refractivity contribution in [3.8, 4) is 5.75 Å². The molecule has 0 aliphatic carbocycles. The van der Waals surface area contributed by atoms with E-state index in [9.17, 15) is 9.50 Å². The fraction of sp³-hybridized carbons (Fsp3) is 0.357. The van der Waals surface area contributed by atoms with E-state index >= 15 is 0 Å². The predicted octanol–water partition coefficient (Wildman–Crippen LogP) is 2.97. The number of hydrogen-bond donors (Lipinski definition) is 1. The molecule has 0 atom stereocenters. The number of aromatic nitrogens is 1. The maximum absolute atomic E-state index is 13.1. The molecule has 4 heteroatoms. The molecular weight excluding hydrogens is 233 g/mol. The molecule has 0 unspecified atom stereocenters. The van der Waals surface area contributed by atoms with Crippen LogP contribution in [-0.4, -0.2) is 23.3 Å². The van der Waals surface area contributed by atoms with E-state index < -0.39 is 0 Å². The summed E-state index contributed by atoms with van der Waals surface area (Å²) in [6, 6.07) is 6.01. The van der Waals surface area contributed by atoms with Gasteiger partial charge in [-0.3, -0.25) is 0 Å². The number of rotatable bonds is 1. The van der Waals surface area contributed by atoms with Gasteiger partial charge in [-0.25, -0.2) is 9.37 Å². The molecule has 94 valence electrons. The van der Waals surface area contributed by atoms with Crippen molar-refractivity contribution in [2.45, 2.75) is 18.8 Å².